The normalized spacial score (nSPS) is 14.8. The Morgan fingerprint density at radius 2 is 2.12 bits per heavy atom. The molecule has 1 aromatic rings. The third-order valence-electron chi connectivity index (χ3n) is 2.81. The quantitative estimate of drug-likeness (QED) is 0.658. The first-order valence-corrected chi connectivity index (χ1v) is 6.83. The lowest BCUT2D eigenvalue weighted by atomic mass is 9.81. The van der Waals surface area contributed by atoms with E-state index in [1.807, 2.05) is 6.07 Å². The van der Waals surface area contributed by atoms with E-state index in [0.717, 1.165) is 29.3 Å². The Labute approximate surface area is 110 Å². The van der Waals surface area contributed by atoms with Crippen molar-refractivity contribution in [3.63, 3.8) is 0 Å². The van der Waals surface area contributed by atoms with Crippen LogP contribution in [0.5, 0.6) is 0 Å². The number of hydrogen-bond donors (Lipinski definition) is 0. The van der Waals surface area contributed by atoms with Crippen LogP contribution in [0, 0.1) is 11.2 Å². The average molecular weight is 308 g/mol. The summed E-state index contributed by atoms with van der Waals surface area (Å²) in [6.07, 6.45) is 3.08. The Hall–Kier alpha value is -0.0800. The van der Waals surface area contributed by atoms with E-state index in [1.165, 1.54) is 12.1 Å². The third-order valence-corrected chi connectivity index (χ3v) is 4.19. The van der Waals surface area contributed by atoms with Gasteiger partial charge in [0.25, 0.3) is 0 Å². The maximum Gasteiger partial charge on any atom is 0.124 e. The standard InChI is InChI=1S/C13H17BrClF/c1-3-6-13(2,9-15)8-10-4-5-11(16)7-12(10)14/h4-5,7H,3,6,8-9H2,1-2H3. The molecule has 0 N–H and O–H groups in total. The van der Waals surface area contributed by atoms with Crippen LogP contribution in [0.4, 0.5) is 4.39 Å². The van der Waals surface area contributed by atoms with E-state index in [2.05, 4.69) is 29.8 Å². The molecule has 0 aliphatic rings. The molecule has 0 aromatic heterocycles. The first kappa shape index (κ1) is 14.0. The van der Waals surface area contributed by atoms with Crippen LogP contribution in [-0.2, 0) is 6.42 Å². The summed E-state index contributed by atoms with van der Waals surface area (Å²) in [5.41, 5.74) is 1.22. The van der Waals surface area contributed by atoms with E-state index >= 15 is 0 Å². The van der Waals surface area contributed by atoms with Gasteiger partial charge in [0.2, 0.25) is 0 Å². The van der Waals surface area contributed by atoms with Gasteiger partial charge in [-0.25, -0.2) is 4.39 Å². The van der Waals surface area contributed by atoms with Crippen LogP contribution in [0.1, 0.15) is 32.3 Å². The molecule has 0 nitrogen and oxygen atoms in total. The minimum absolute atomic E-state index is 0.0939. The summed E-state index contributed by atoms with van der Waals surface area (Å²) in [5, 5.41) is 0. The molecule has 0 radical (unpaired) electrons. The van der Waals surface area contributed by atoms with Gasteiger partial charge in [0.15, 0.2) is 0 Å². The zero-order valence-corrected chi connectivity index (χ0v) is 12.0. The fraction of sp³-hybridized carbons (Fsp3) is 0.538. The highest BCUT2D eigenvalue weighted by molar-refractivity contribution is 9.10. The molecule has 16 heavy (non-hydrogen) atoms. The van der Waals surface area contributed by atoms with Crippen LogP contribution >= 0.6 is 27.5 Å². The van der Waals surface area contributed by atoms with Gasteiger partial charge in [-0.3, -0.25) is 0 Å². The molecule has 1 atom stereocenters. The first-order valence-electron chi connectivity index (χ1n) is 5.50. The predicted octanol–water partition coefficient (Wildman–Crippen LogP) is 5.18. The molecular formula is C13H17BrClF. The van der Waals surface area contributed by atoms with Gasteiger partial charge < -0.3 is 0 Å². The summed E-state index contributed by atoms with van der Waals surface area (Å²) in [5.74, 6) is 0.420. The van der Waals surface area contributed by atoms with Crippen LogP contribution in [0.2, 0.25) is 0 Å². The third kappa shape index (κ3) is 3.74. The van der Waals surface area contributed by atoms with Crippen LogP contribution in [-0.4, -0.2) is 5.88 Å². The number of benzene rings is 1. The van der Waals surface area contributed by atoms with Gasteiger partial charge in [-0.2, -0.15) is 0 Å². The molecule has 0 aliphatic heterocycles. The first-order chi connectivity index (χ1) is 7.50. The van der Waals surface area contributed by atoms with E-state index in [-0.39, 0.29) is 11.2 Å². The maximum atomic E-state index is 13.0. The van der Waals surface area contributed by atoms with Gasteiger partial charge in [0.05, 0.1) is 0 Å². The minimum atomic E-state index is -0.210. The SMILES string of the molecule is CCCC(C)(CCl)Cc1ccc(F)cc1Br. The Morgan fingerprint density at radius 1 is 1.44 bits per heavy atom. The van der Waals surface area contributed by atoms with E-state index in [0.29, 0.717) is 5.88 Å². The number of hydrogen-bond acceptors (Lipinski definition) is 0. The smallest absolute Gasteiger partial charge is 0.124 e. The van der Waals surface area contributed by atoms with Crippen LogP contribution in [0.25, 0.3) is 0 Å². The molecule has 1 aromatic carbocycles. The van der Waals surface area contributed by atoms with Gasteiger partial charge in [-0.15, -0.1) is 11.6 Å². The molecule has 0 saturated heterocycles. The Kier molecular flexibility index (Phi) is 5.26. The molecule has 0 spiro atoms. The van der Waals surface area contributed by atoms with Crippen molar-refractivity contribution in [2.45, 2.75) is 33.1 Å². The molecular weight excluding hydrogens is 290 g/mol. The fourth-order valence-corrected chi connectivity index (χ4v) is 2.65. The van der Waals surface area contributed by atoms with Crippen molar-refractivity contribution in [1.29, 1.82) is 0 Å². The zero-order valence-electron chi connectivity index (χ0n) is 9.69. The van der Waals surface area contributed by atoms with Crippen molar-refractivity contribution < 1.29 is 4.39 Å². The molecule has 0 heterocycles. The summed E-state index contributed by atoms with van der Waals surface area (Å²) in [6, 6.07) is 4.84. The summed E-state index contributed by atoms with van der Waals surface area (Å²) in [4.78, 5) is 0. The topological polar surface area (TPSA) is 0 Å². The monoisotopic (exact) mass is 306 g/mol. The molecule has 0 bridgehead atoms. The highest BCUT2D eigenvalue weighted by Crippen LogP contribution is 2.32. The van der Waals surface area contributed by atoms with Crippen molar-refractivity contribution in [2.75, 3.05) is 5.88 Å². The average Bonchev–Trinajstić information content (AvgIpc) is 2.23. The van der Waals surface area contributed by atoms with Gasteiger partial charge in [-0.05, 0) is 36.0 Å². The Balaban J connectivity index is 2.85. The largest absolute Gasteiger partial charge is 0.207 e. The minimum Gasteiger partial charge on any atom is -0.207 e. The molecule has 0 saturated carbocycles. The number of halogens is 3. The Bertz CT molecular complexity index is 354. The Morgan fingerprint density at radius 3 is 2.62 bits per heavy atom. The second kappa shape index (κ2) is 6.02. The zero-order chi connectivity index (χ0) is 12.2. The molecule has 3 heteroatoms. The van der Waals surface area contributed by atoms with Gasteiger partial charge >= 0.3 is 0 Å². The lowest BCUT2D eigenvalue weighted by Crippen LogP contribution is -2.21. The van der Waals surface area contributed by atoms with Crippen molar-refractivity contribution in [1.82, 2.24) is 0 Å². The summed E-state index contributed by atoms with van der Waals surface area (Å²) in [6.45, 7) is 4.34. The molecule has 0 fully saturated rings. The van der Waals surface area contributed by atoms with Gasteiger partial charge in [-0.1, -0.05) is 42.3 Å². The second-order valence-corrected chi connectivity index (χ2v) is 5.73. The molecule has 0 amide bonds. The van der Waals surface area contributed by atoms with E-state index in [9.17, 15) is 4.39 Å². The van der Waals surface area contributed by atoms with E-state index in [4.69, 9.17) is 11.6 Å². The second-order valence-electron chi connectivity index (χ2n) is 4.61. The molecule has 1 rings (SSSR count). The lowest BCUT2D eigenvalue weighted by Gasteiger charge is -2.27. The van der Waals surface area contributed by atoms with Crippen molar-refractivity contribution in [2.24, 2.45) is 5.41 Å². The highest BCUT2D eigenvalue weighted by Gasteiger charge is 2.23. The maximum absolute atomic E-state index is 13.0. The fourth-order valence-electron chi connectivity index (χ4n) is 1.93. The highest BCUT2D eigenvalue weighted by atomic mass is 79.9. The van der Waals surface area contributed by atoms with Crippen molar-refractivity contribution in [3.05, 3.63) is 34.1 Å². The molecule has 1 unspecified atom stereocenters. The molecule has 90 valence electrons. The summed E-state index contributed by atoms with van der Waals surface area (Å²) >= 11 is 9.43. The summed E-state index contributed by atoms with van der Waals surface area (Å²) in [7, 11) is 0. The summed E-state index contributed by atoms with van der Waals surface area (Å²) < 4.78 is 13.8. The van der Waals surface area contributed by atoms with E-state index in [1.54, 1.807) is 0 Å². The van der Waals surface area contributed by atoms with Crippen molar-refractivity contribution >= 4 is 27.5 Å². The van der Waals surface area contributed by atoms with Crippen LogP contribution in [0.3, 0.4) is 0 Å². The lowest BCUT2D eigenvalue weighted by molar-refractivity contribution is 0.334. The molecule has 0 aliphatic carbocycles. The number of alkyl halides is 1. The van der Waals surface area contributed by atoms with Crippen LogP contribution in [0.15, 0.2) is 22.7 Å². The number of rotatable bonds is 5. The van der Waals surface area contributed by atoms with Gasteiger partial charge in [0, 0.05) is 10.4 Å². The predicted molar refractivity (Wildman–Crippen MR) is 71.5 cm³/mol. The van der Waals surface area contributed by atoms with E-state index < -0.39 is 0 Å². The van der Waals surface area contributed by atoms with Crippen LogP contribution < -0.4 is 0 Å². The van der Waals surface area contributed by atoms with Crippen molar-refractivity contribution in [3.8, 4) is 0 Å². The van der Waals surface area contributed by atoms with Gasteiger partial charge in [0.1, 0.15) is 5.82 Å².